The summed E-state index contributed by atoms with van der Waals surface area (Å²) in [6, 6.07) is 5.37. The van der Waals surface area contributed by atoms with Crippen molar-refractivity contribution >= 4 is 50.0 Å². The normalized spacial score (nSPS) is 10.7. The largest absolute Gasteiger partial charge is 0.255 e. The number of aromatic nitrogens is 1. The van der Waals surface area contributed by atoms with Gasteiger partial charge in [0.05, 0.1) is 15.6 Å². The van der Waals surface area contributed by atoms with Crippen LogP contribution in [0.5, 0.6) is 0 Å². The second-order valence-corrected chi connectivity index (χ2v) is 4.21. The molecule has 1 nitrogen and oxygen atoms in total. The van der Waals surface area contributed by atoms with Crippen molar-refractivity contribution in [2.45, 2.75) is 0 Å². The molecule has 0 atom stereocenters. The number of rotatable bonds is 0. The average Bonchev–Trinajstić information content (AvgIpc) is 2.12. The Labute approximate surface area is 93.8 Å². The Morgan fingerprint density at radius 2 is 1.77 bits per heavy atom. The molecule has 0 unspecified atom stereocenters. The Morgan fingerprint density at radius 1 is 1.08 bits per heavy atom. The predicted molar refractivity (Wildman–Crippen MR) is 59.5 cm³/mol. The van der Waals surface area contributed by atoms with E-state index in [4.69, 9.17) is 23.2 Å². The molecule has 66 valence electrons. The number of benzene rings is 1. The SMILES string of the molecule is Clc1ccnc2c(Br)ccc(Cl)c12. The summed E-state index contributed by atoms with van der Waals surface area (Å²) in [7, 11) is 0. The third kappa shape index (κ3) is 1.54. The van der Waals surface area contributed by atoms with Crippen LogP contribution in [0.15, 0.2) is 28.9 Å². The quantitative estimate of drug-likeness (QED) is 0.699. The maximum Gasteiger partial charge on any atom is 0.0873 e. The van der Waals surface area contributed by atoms with Crippen molar-refractivity contribution in [2.75, 3.05) is 0 Å². The fraction of sp³-hybridized carbons (Fsp3) is 0. The van der Waals surface area contributed by atoms with Crippen molar-refractivity contribution in [2.24, 2.45) is 0 Å². The van der Waals surface area contributed by atoms with E-state index < -0.39 is 0 Å². The van der Waals surface area contributed by atoms with Gasteiger partial charge in [0.2, 0.25) is 0 Å². The van der Waals surface area contributed by atoms with Crippen LogP contribution in [0.2, 0.25) is 10.0 Å². The van der Waals surface area contributed by atoms with Gasteiger partial charge in [0.15, 0.2) is 0 Å². The van der Waals surface area contributed by atoms with Crippen LogP contribution in [0, 0.1) is 0 Å². The van der Waals surface area contributed by atoms with E-state index in [9.17, 15) is 0 Å². The third-order valence-electron chi connectivity index (χ3n) is 1.74. The first-order valence-electron chi connectivity index (χ1n) is 3.58. The van der Waals surface area contributed by atoms with E-state index in [1.165, 1.54) is 0 Å². The summed E-state index contributed by atoms with van der Waals surface area (Å²) in [6.45, 7) is 0. The van der Waals surface area contributed by atoms with E-state index in [1.54, 1.807) is 18.3 Å². The summed E-state index contributed by atoms with van der Waals surface area (Å²) in [6.07, 6.45) is 1.66. The zero-order valence-electron chi connectivity index (χ0n) is 6.39. The molecule has 0 saturated heterocycles. The van der Waals surface area contributed by atoms with Gasteiger partial charge < -0.3 is 0 Å². The van der Waals surface area contributed by atoms with E-state index >= 15 is 0 Å². The van der Waals surface area contributed by atoms with E-state index in [-0.39, 0.29) is 0 Å². The van der Waals surface area contributed by atoms with Crippen LogP contribution in [0.4, 0.5) is 0 Å². The van der Waals surface area contributed by atoms with Gasteiger partial charge in [-0.05, 0) is 34.1 Å². The molecule has 4 heteroatoms. The predicted octanol–water partition coefficient (Wildman–Crippen LogP) is 4.30. The topological polar surface area (TPSA) is 12.9 Å². The van der Waals surface area contributed by atoms with Gasteiger partial charge >= 0.3 is 0 Å². The molecule has 13 heavy (non-hydrogen) atoms. The molecule has 2 aromatic rings. The molecule has 0 saturated carbocycles. The van der Waals surface area contributed by atoms with Gasteiger partial charge in [0.1, 0.15) is 0 Å². The van der Waals surface area contributed by atoms with E-state index in [0.717, 1.165) is 15.4 Å². The monoisotopic (exact) mass is 275 g/mol. The van der Waals surface area contributed by atoms with Crippen LogP contribution < -0.4 is 0 Å². The van der Waals surface area contributed by atoms with E-state index in [1.807, 2.05) is 6.07 Å². The molecule has 0 radical (unpaired) electrons. The number of nitrogens with zero attached hydrogens (tertiary/aromatic N) is 1. The molecule has 1 aromatic carbocycles. The third-order valence-corrected chi connectivity index (χ3v) is 3.01. The summed E-state index contributed by atoms with van der Waals surface area (Å²) in [4.78, 5) is 4.19. The minimum Gasteiger partial charge on any atom is -0.255 e. The fourth-order valence-electron chi connectivity index (χ4n) is 1.16. The first-order valence-corrected chi connectivity index (χ1v) is 5.13. The second-order valence-electron chi connectivity index (χ2n) is 2.55. The smallest absolute Gasteiger partial charge is 0.0873 e. The van der Waals surface area contributed by atoms with Gasteiger partial charge in [-0.3, -0.25) is 4.98 Å². The Hall–Kier alpha value is -0.310. The molecule has 0 amide bonds. The van der Waals surface area contributed by atoms with Gasteiger partial charge in [0, 0.05) is 16.1 Å². The van der Waals surface area contributed by atoms with Gasteiger partial charge in [0.25, 0.3) is 0 Å². The Balaban J connectivity index is 3.00. The summed E-state index contributed by atoms with van der Waals surface area (Å²) < 4.78 is 0.898. The first kappa shape index (κ1) is 9.25. The lowest BCUT2D eigenvalue weighted by atomic mass is 10.2. The maximum atomic E-state index is 5.99. The first-order chi connectivity index (χ1) is 6.20. The van der Waals surface area contributed by atoms with Crippen molar-refractivity contribution < 1.29 is 0 Å². The van der Waals surface area contributed by atoms with Crippen molar-refractivity contribution in [3.8, 4) is 0 Å². The average molecular weight is 277 g/mol. The molecule has 0 fully saturated rings. The molecule has 0 aliphatic heterocycles. The van der Waals surface area contributed by atoms with E-state index in [0.29, 0.717) is 10.0 Å². The highest BCUT2D eigenvalue weighted by Crippen LogP contribution is 2.32. The minimum atomic E-state index is 0.622. The lowest BCUT2D eigenvalue weighted by Crippen LogP contribution is -1.81. The summed E-state index contributed by atoms with van der Waals surface area (Å²) in [5.74, 6) is 0. The fourth-order valence-corrected chi connectivity index (χ4v) is 2.14. The molecule has 2 rings (SSSR count). The Morgan fingerprint density at radius 3 is 2.46 bits per heavy atom. The minimum absolute atomic E-state index is 0.622. The number of hydrogen-bond donors (Lipinski definition) is 0. The maximum absolute atomic E-state index is 5.99. The molecular weight excluding hydrogens is 273 g/mol. The number of halogens is 3. The van der Waals surface area contributed by atoms with Gasteiger partial charge in [-0.1, -0.05) is 23.2 Å². The van der Waals surface area contributed by atoms with Gasteiger partial charge in [-0.25, -0.2) is 0 Å². The van der Waals surface area contributed by atoms with Crippen LogP contribution in [-0.4, -0.2) is 4.98 Å². The van der Waals surface area contributed by atoms with Crippen molar-refractivity contribution in [1.29, 1.82) is 0 Å². The van der Waals surface area contributed by atoms with Crippen LogP contribution in [-0.2, 0) is 0 Å². The Kier molecular flexibility index (Phi) is 2.45. The molecule has 0 spiro atoms. The molecule has 0 aliphatic carbocycles. The summed E-state index contributed by atoms with van der Waals surface area (Å²) in [5, 5.41) is 2.04. The molecular formula is C9H4BrCl2N. The van der Waals surface area contributed by atoms with Crippen molar-refractivity contribution in [3.63, 3.8) is 0 Å². The summed E-state index contributed by atoms with van der Waals surface area (Å²) >= 11 is 15.4. The van der Waals surface area contributed by atoms with E-state index in [2.05, 4.69) is 20.9 Å². The molecule has 1 aromatic heterocycles. The van der Waals surface area contributed by atoms with Crippen LogP contribution in [0.25, 0.3) is 10.9 Å². The summed E-state index contributed by atoms with van der Waals surface area (Å²) in [5.41, 5.74) is 0.792. The number of hydrogen-bond acceptors (Lipinski definition) is 1. The second kappa shape index (κ2) is 3.45. The standard InChI is InChI=1S/C9H4BrCl2N/c10-5-1-2-6(11)8-7(12)3-4-13-9(5)8/h1-4H. The molecule has 0 bridgehead atoms. The lowest BCUT2D eigenvalue weighted by molar-refractivity contribution is 1.40. The van der Waals surface area contributed by atoms with Gasteiger partial charge in [-0.15, -0.1) is 0 Å². The lowest BCUT2D eigenvalue weighted by Gasteiger charge is -2.03. The zero-order valence-corrected chi connectivity index (χ0v) is 9.49. The Bertz CT molecular complexity index is 462. The highest BCUT2D eigenvalue weighted by molar-refractivity contribution is 9.10. The van der Waals surface area contributed by atoms with Crippen molar-refractivity contribution in [3.05, 3.63) is 38.9 Å². The van der Waals surface area contributed by atoms with Crippen LogP contribution in [0.1, 0.15) is 0 Å². The van der Waals surface area contributed by atoms with Gasteiger partial charge in [-0.2, -0.15) is 0 Å². The molecule has 1 heterocycles. The van der Waals surface area contributed by atoms with Crippen molar-refractivity contribution in [1.82, 2.24) is 4.98 Å². The number of fused-ring (bicyclic) bond motifs is 1. The number of pyridine rings is 1. The molecule has 0 aliphatic rings. The zero-order chi connectivity index (χ0) is 9.42. The highest BCUT2D eigenvalue weighted by Gasteiger charge is 2.06. The van der Waals surface area contributed by atoms with Crippen LogP contribution in [0.3, 0.4) is 0 Å². The highest BCUT2D eigenvalue weighted by atomic mass is 79.9. The van der Waals surface area contributed by atoms with Crippen LogP contribution >= 0.6 is 39.1 Å². The molecule has 0 N–H and O–H groups in total.